The Balaban J connectivity index is -0.0000000995. The van der Waals surface area contributed by atoms with E-state index in [9.17, 15) is 19.2 Å². The molecule has 0 spiro atoms. The Morgan fingerprint density at radius 1 is 0.690 bits per heavy atom. The minimum atomic E-state index is -0.489. The van der Waals surface area contributed by atoms with Gasteiger partial charge in [-0.15, -0.1) is 12.4 Å². The van der Waals surface area contributed by atoms with Crippen LogP contribution in [0.3, 0.4) is 0 Å². The summed E-state index contributed by atoms with van der Waals surface area (Å²) >= 11 is 0. The molecule has 256 valence electrons. The molecule has 0 amide bonds. The lowest BCUT2D eigenvalue weighted by Crippen LogP contribution is -2.34. The molecule has 4 atom stereocenters. The van der Waals surface area contributed by atoms with Crippen molar-refractivity contribution in [2.75, 3.05) is 54.6 Å². The molecule has 0 radical (unpaired) electrons. The van der Waals surface area contributed by atoms with Gasteiger partial charge in [-0.3, -0.25) is 34.7 Å². The summed E-state index contributed by atoms with van der Waals surface area (Å²) in [6.45, 7) is 16.8. The fourth-order valence-electron chi connectivity index (χ4n) is 1.49. The van der Waals surface area contributed by atoms with Gasteiger partial charge in [0.1, 0.15) is 24.4 Å². The molecule has 0 aliphatic heterocycles. The van der Waals surface area contributed by atoms with Gasteiger partial charge < -0.3 is 29.8 Å². The van der Waals surface area contributed by atoms with Gasteiger partial charge in [-0.1, -0.05) is 27.7 Å². The number of likely N-dealkylation sites (N-methyl/N-ethyl adjacent to an activating group) is 2. The number of aliphatic hydroxyl groups excluding tert-OH is 1. The highest BCUT2D eigenvalue weighted by molar-refractivity contribution is 5.85. The molecule has 0 saturated heterocycles. The first kappa shape index (κ1) is 52.6. The van der Waals surface area contributed by atoms with Gasteiger partial charge in [-0.25, -0.2) is 0 Å². The number of halogens is 1. The molecule has 0 aliphatic rings. The first-order valence-electron chi connectivity index (χ1n) is 14.1. The maximum absolute atomic E-state index is 11.1. The van der Waals surface area contributed by atoms with E-state index in [1.165, 1.54) is 0 Å². The largest absolute Gasteiger partial charge is 0.465 e. The molecule has 0 aromatic heterocycles. The molecule has 13 nitrogen and oxygen atoms in total. The van der Waals surface area contributed by atoms with Crippen molar-refractivity contribution in [3.63, 3.8) is 0 Å². The Morgan fingerprint density at radius 3 is 1.12 bits per heavy atom. The second-order valence-corrected chi connectivity index (χ2v) is 9.23. The first-order valence-corrected chi connectivity index (χ1v) is 14.1. The average Bonchev–Trinajstić information content (AvgIpc) is 2.93. The molecule has 0 aromatic carbocycles. The van der Waals surface area contributed by atoms with Gasteiger partial charge in [0.25, 0.3) is 6.47 Å². The van der Waals surface area contributed by atoms with E-state index in [-0.39, 0.29) is 42.4 Å². The van der Waals surface area contributed by atoms with E-state index in [0.29, 0.717) is 32.9 Å². The average molecular weight is 635 g/mol. The highest BCUT2D eigenvalue weighted by atomic mass is 35.5. The van der Waals surface area contributed by atoms with E-state index in [1.54, 1.807) is 13.8 Å². The number of esters is 3. The summed E-state index contributed by atoms with van der Waals surface area (Å²) in [4.78, 5) is 45.7. The zero-order valence-corrected chi connectivity index (χ0v) is 29.0. The molecular formula is C28H63ClN4O9. The van der Waals surface area contributed by atoms with Gasteiger partial charge in [0.15, 0.2) is 0 Å². The highest BCUT2D eigenvalue weighted by Gasteiger charge is 2.16. The zero-order valence-electron chi connectivity index (χ0n) is 28.2. The fraction of sp³-hybridized carbons (Fsp3) is 0.857. The minimum Gasteiger partial charge on any atom is -0.465 e. The van der Waals surface area contributed by atoms with Crippen LogP contribution >= 0.6 is 12.4 Å². The number of carbonyl (C=O) groups is 4. The predicted octanol–water partition coefficient (Wildman–Crippen LogP) is 2.34. The van der Waals surface area contributed by atoms with Crippen LogP contribution in [0, 0.1) is 0 Å². The van der Waals surface area contributed by atoms with Crippen LogP contribution in [0.2, 0.25) is 0 Å². The van der Waals surface area contributed by atoms with Crippen LogP contribution in [0.5, 0.6) is 0 Å². The number of hydrogen-bond acceptors (Lipinski definition) is 13. The molecule has 0 aliphatic carbocycles. The van der Waals surface area contributed by atoms with Crippen LogP contribution in [-0.4, -0.2) is 118 Å². The van der Waals surface area contributed by atoms with Gasteiger partial charge in [0, 0.05) is 6.61 Å². The van der Waals surface area contributed by atoms with Crippen molar-refractivity contribution in [2.45, 2.75) is 105 Å². The molecule has 0 rings (SSSR count). The summed E-state index contributed by atoms with van der Waals surface area (Å²) in [7, 11) is 7.44. The van der Waals surface area contributed by atoms with Crippen molar-refractivity contribution >= 4 is 36.8 Å². The van der Waals surface area contributed by atoms with Gasteiger partial charge >= 0.3 is 17.9 Å². The normalized spacial score (nSPS) is 12.2. The molecule has 14 heteroatoms. The Kier molecular flexibility index (Phi) is 48.8. The summed E-state index contributed by atoms with van der Waals surface area (Å²) in [5.74, 6) is -0.606. The number of rotatable bonds is 14. The summed E-state index contributed by atoms with van der Waals surface area (Å²) in [5, 5.41) is 7.88. The maximum Gasteiger partial charge on any atom is 0.323 e. The van der Waals surface area contributed by atoms with Crippen LogP contribution in [0.25, 0.3) is 0 Å². The van der Waals surface area contributed by atoms with Gasteiger partial charge in [0.2, 0.25) is 0 Å². The molecule has 0 fully saturated rings. The van der Waals surface area contributed by atoms with E-state index in [1.807, 2.05) is 79.5 Å². The lowest BCUT2D eigenvalue weighted by atomic mass is 10.3. The van der Waals surface area contributed by atoms with E-state index in [2.05, 4.69) is 9.47 Å². The first-order chi connectivity index (χ1) is 19.0. The van der Waals surface area contributed by atoms with Crippen LogP contribution in [-0.2, 0) is 38.1 Å². The SMILES string of the molecule is CC(N)OC=O.CCCO.CCCOC(=O)C(C)N.CCCOC(=O)C(C)N(C)C.CCCOC(=O)C(C)N(C)C.Cl. The van der Waals surface area contributed by atoms with Crippen LogP contribution in [0.15, 0.2) is 0 Å². The summed E-state index contributed by atoms with van der Waals surface area (Å²) in [6, 6.07) is -0.764. The number of ether oxygens (including phenoxy) is 4. The van der Waals surface area contributed by atoms with Crippen molar-refractivity contribution in [1.29, 1.82) is 0 Å². The Labute approximate surface area is 261 Å². The van der Waals surface area contributed by atoms with E-state index in [4.69, 9.17) is 26.0 Å². The van der Waals surface area contributed by atoms with E-state index in [0.717, 1.165) is 25.7 Å². The van der Waals surface area contributed by atoms with Crippen molar-refractivity contribution < 1.29 is 43.2 Å². The molecule has 5 N–H and O–H groups in total. The van der Waals surface area contributed by atoms with Gasteiger partial charge in [-0.2, -0.15) is 0 Å². The molecule has 0 aromatic rings. The number of nitrogens with two attached hydrogens (primary N) is 2. The third kappa shape index (κ3) is 45.0. The third-order valence-electron chi connectivity index (χ3n) is 4.44. The molecule has 0 bridgehead atoms. The number of aliphatic hydroxyl groups is 1. The topological polar surface area (TPSA) is 184 Å². The van der Waals surface area contributed by atoms with Crippen LogP contribution in [0.4, 0.5) is 0 Å². The highest BCUT2D eigenvalue weighted by Crippen LogP contribution is 1.96. The quantitative estimate of drug-likeness (QED) is 0.110. The fourth-order valence-corrected chi connectivity index (χ4v) is 1.49. The smallest absolute Gasteiger partial charge is 0.323 e. The van der Waals surface area contributed by atoms with Crippen molar-refractivity contribution in [2.24, 2.45) is 11.5 Å². The summed E-state index contributed by atoms with van der Waals surface area (Å²) in [6.07, 6.45) is 3.01. The van der Waals surface area contributed by atoms with Gasteiger partial charge in [-0.05, 0) is 81.6 Å². The molecule has 42 heavy (non-hydrogen) atoms. The second-order valence-electron chi connectivity index (χ2n) is 9.23. The lowest BCUT2D eigenvalue weighted by molar-refractivity contribution is -0.149. The lowest BCUT2D eigenvalue weighted by Gasteiger charge is -2.17. The Hall–Kier alpha value is -2.03. The van der Waals surface area contributed by atoms with Crippen LogP contribution < -0.4 is 11.5 Å². The maximum atomic E-state index is 11.1. The molecule has 0 heterocycles. The minimum absolute atomic E-state index is 0. The second kappa shape index (κ2) is 39.0. The summed E-state index contributed by atoms with van der Waals surface area (Å²) in [5.41, 5.74) is 10.2. The predicted molar refractivity (Wildman–Crippen MR) is 169 cm³/mol. The molecular weight excluding hydrogens is 572 g/mol. The monoisotopic (exact) mass is 634 g/mol. The molecule has 4 unspecified atom stereocenters. The number of carbonyl (C=O) groups excluding carboxylic acids is 4. The van der Waals surface area contributed by atoms with Gasteiger partial charge in [0.05, 0.1) is 19.8 Å². The van der Waals surface area contributed by atoms with Crippen molar-refractivity contribution in [3.05, 3.63) is 0 Å². The van der Waals surface area contributed by atoms with E-state index >= 15 is 0 Å². The standard InChI is InChI=1S/2C8H17NO2.C6H13NO2.C3H7NO2.C3H8O.ClH/c2*1-5-6-11-8(10)7(2)9(3)4;1-3-4-9-6(8)5(2)7;1-3(4)6-2-5;1-2-3-4;/h2*7H,5-6H2,1-4H3;5H,3-4,7H2,1-2H3;2-3H,4H2,1H3;4H,2-3H2,1H3;1H. The van der Waals surface area contributed by atoms with E-state index < -0.39 is 12.3 Å². The Bertz CT molecular complexity index is 580. The van der Waals surface area contributed by atoms with Crippen molar-refractivity contribution in [1.82, 2.24) is 9.80 Å². The Morgan fingerprint density at radius 2 is 0.976 bits per heavy atom. The molecule has 0 saturated carbocycles. The third-order valence-corrected chi connectivity index (χ3v) is 4.44. The van der Waals surface area contributed by atoms with Crippen molar-refractivity contribution in [3.8, 4) is 0 Å². The number of hydrogen-bond donors (Lipinski definition) is 3. The van der Waals surface area contributed by atoms with Crippen LogP contribution in [0.1, 0.15) is 81.1 Å². The zero-order chi connectivity index (χ0) is 33.4. The number of nitrogens with zero attached hydrogens (tertiary/aromatic N) is 2. The summed E-state index contributed by atoms with van der Waals surface area (Å²) < 4.78 is 18.7.